The Morgan fingerprint density at radius 2 is 0.922 bits per heavy atom. The number of fused-ring (bicyclic) bond motifs is 15. The molecule has 64 heavy (non-hydrogen) atoms. The Hall–Kier alpha value is -7.94. The van der Waals surface area contributed by atoms with Gasteiger partial charge in [0.1, 0.15) is 0 Å². The molecule has 0 amide bonds. The highest BCUT2D eigenvalue weighted by Crippen LogP contribution is 2.62. The number of hydrogen-bond donors (Lipinski definition) is 0. The van der Waals surface area contributed by atoms with Crippen LogP contribution >= 0.6 is 0 Å². The smallest absolute Gasteiger partial charge is 0.0726 e. The lowest BCUT2D eigenvalue weighted by molar-refractivity contribution is 0.660. The summed E-state index contributed by atoms with van der Waals surface area (Å²) in [6.45, 7) is 4.74. The number of benzene rings is 10. The van der Waals surface area contributed by atoms with Gasteiger partial charge in [-0.2, -0.15) is 0 Å². The fraction of sp³-hybridized carbons (Fsp3) is 0.0645. The van der Waals surface area contributed by atoms with Crippen molar-refractivity contribution in [2.75, 3.05) is 4.90 Å². The molecule has 1 atom stereocenters. The van der Waals surface area contributed by atoms with Crippen molar-refractivity contribution in [2.45, 2.75) is 24.7 Å². The van der Waals surface area contributed by atoms with Crippen LogP contribution in [-0.2, 0) is 10.8 Å². The topological polar surface area (TPSA) is 8.17 Å². The van der Waals surface area contributed by atoms with E-state index in [1.54, 1.807) is 0 Å². The van der Waals surface area contributed by atoms with Gasteiger partial charge in [-0.15, -0.1) is 0 Å². The SMILES string of the molecule is CC1(C)c2ccccc2-c2c(-n3c4ccccc4c4ccc(N(c5ccccc5)c5ccc6c(c5)C5(c7ccccc7-6)c6ccccc6-c6cccc7cccc5c67)cc43)cccc21. The van der Waals surface area contributed by atoms with Crippen LogP contribution in [0.2, 0.25) is 0 Å². The maximum Gasteiger partial charge on any atom is 0.0726 e. The minimum Gasteiger partial charge on any atom is -0.310 e. The number of nitrogens with zero attached hydrogens (tertiary/aromatic N) is 2. The fourth-order valence-electron chi connectivity index (χ4n) is 12.4. The van der Waals surface area contributed by atoms with E-state index in [9.17, 15) is 0 Å². The Bertz CT molecular complexity index is 3770. The van der Waals surface area contributed by atoms with Crippen LogP contribution in [0.5, 0.6) is 0 Å². The molecule has 0 radical (unpaired) electrons. The molecule has 3 aliphatic carbocycles. The van der Waals surface area contributed by atoms with E-state index in [0.29, 0.717) is 0 Å². The molecule has 300 valence electrons. The van der Waals surface area contributed by atoms with Crippen molar-refractivity contribution in [3.05, 3.63) is 252 Å². The summed E-state index contributed by atoms with van der Waals surface area (Å²) in [6.07, 6.45) is 0. The van der Waals surface area contributed by atoms with Crippen molar-refractivity contribution in [3.8, 4) is 39.1 Å². The summed E-state index contributed by atoms with van der Waals surface area (Å²) < 4.78 is 2.53. The van der Waals surface area contributed by atoms with E-state index in [-0.39, 0.29) is 5.41 Å². The number of para-hydroxylation sites is 2. The Balaban J connectivity index is 1.04. The van der Waals surface area contributed by atoms with Gasteiger partial charge in [-0.05, 0) is 121 Å². The van der Waals surface area contributed by atoms with E-state index in [1.807, 2.05) is 0 Å². The second-order valence-electron chi connectivity index (χ2n) is 18.4. The first-order valence-electron chi connectivity index (χ1n) is 22.5. The lowest BCUT2D eigenvalue weighted by atomic mass is 9.61. The molecule has 2 heteroatoms. The molecule has 0 fully saturated rings. The third kappa shape index (κ3) is 4.49. The van der Waals surface area contributed by atoms with Gasteiger partial charge in [-0.25, -0.2) is 0 Å². The van der Waals surface area contributed by atoms with Gasteiger partial charge in [0, 0.05) is 38.8 Å². The molecule has 0 N–H and O–H groups in total. The zero-order valence-electron chi connectivity index (χ0n) is 35.7. The quantitative estimate of drug-likeness (QED) is 0.172. The molecular weight excluding hydrogens is 773 g/mol. The van der Waals surface area contributed by atoms with Gasteiger partial charge >= 0.3 is 0 Å². The fourth-order valence-corrected chi connectivity index (χ4v) is 12.4. The average Bonchev–Trinajstić information content (AvgIpc) is 3.92. The van der Waals surface area contributed by atoms with E-state index in [2.05, 4.69) is 242 Å². The largest absolute Gasteiger partial charge is 0.310 e. The summed E-state index contributed by atoms with van der Waals surface area (Å²) in [4.78, 5) is 2.47. The summed E-state index contributed by atoms with van der Waals surface area (Å²) >= 11 is 0. The Morgan fingerprint density at radius 1 is 0.359 bits per heavy atom. The maximum absolute atomic E-state index is 2.53. The minimum atomic E-state index is -0.511. The summed E-state index contributed by atoms with van der Waals surface area (Å²) in [5.41, 5.74) is 22.3. The minimum absolute atomic E-state index is 0.104. The summed E-state index contributed by atoms with van der Waals surface area (Å²) in [5.74, 6) is 0. The molecule has 0 saturated carbocycles. The lowest BCUT2D eigenvalue weighted by Gasteiger charge is -2.40. The Kier molecular flexibility index (Phi) is 7.13. The molecule has 0 bridgehead atoms. The van der Waals surface area contributed by atoms with Crippen LogP contribution in [0.25, 0.3) is 71.6 Å². The van der Waals surface area contributed by atoms with Crippen LogP contribution in [-0.4, -0.2) is 4.57 Å². The molecule has 10 aromatic carbocycles. The summed E-state index contributed by atoms with van der Waals surface area (Å²) in [5, 5.41) is 5.11. The summed E-state index contributed by atoms with van der Waals surface area (Å²) in [6, 6.07) is 82.1. The van der Waals surface area contributed by atoms with Gasteiger partial charge < -0.3 is 9.47 Å². The third-order valence-corrected chi connectivity index (χ3v) is 15.0. The van der Waals surface area contributed by atoms with Crippen molar-refractivity contribution in [3.63, 3.8) is 0 Å². The molecule has 1 aromatic heterocycles. The average molecular weight is 815 g/mol. The van der Waals surface area contributed by atoms with Crippen molar-refractivity contribution >= 4 is 49.6 Å². The van der Waals surface area contributed by atoms with Crippen LogP contribution in [0.15, 0.2) is 218 Å². The molecule has 1 spiro atoms. The first-order chi connectivity index (χ1) is 31.5. The monoisotopic (exact) mass is 814 g/mol. The second kappa shape index (κ2) is 12.8. The van der Waals surface area contributed by atoms with Gasteiger partial charge in [-0.3, -0.25) is 0 Å². The van der Waals surface area contributed by atoms with E-state index in [4.69, 9.17) is 0 Å². The van der Waals surface area contributed by atoms with E-state index >= 15 is 0 Å². The first-order valence-corrected chi connectivity index (χ1v) is 22.5. The normalized spacial score (nSPS) is 15.8. The number of anilines is 3. The highest BCUT2D eigenvalue weighted by molar-refractivity contribution is 6.12. The van der Waals surface area contributed by atoms with Crippen molar-refractivity contribution in [1.29, 1.82) is 0 Å². The van der Waals surface area contributed by atoms with Crippen LogP contribution in [0, 0.1) is 0 Å². The number of rotatable bonds is 4. The molecule has 11 aromatic rings. The van der Waals surface area contributed by atoms with Gasteiger partial charge in [-0.1, -0.05) is 184 Å². The molecule has 1 unspecified atom stereocenters. The van der Waals surface area contributed by atoms with Crippen LogP contribution in [0.1, 0.15) is 47.2 Å². The van der Waals surface area contributed by atoms with Gasteiger partial charge in [0.2, 0.25) is 0 Å². The first kappa shape index (κ1) is 35.6. The molecule has 0 aliphatic heterocycles. The van der Waals surface area contributed by atoms with Crippen LogP contribution in [0.4, 0.5) is 17.1 Å². The standard InChI is InChI=1S/C62H42N2/c1-61(2)50-26-10-8-24-49(50)60-53(61)29-16-32-57(60)64-56-31-13-9-23-46(56)47-36-34-42(38-58(47)64)63(40-19-4-3-5-20-40)41-33-35-45-43-21-6-11-27-51(43)62(55(45)37-41)52-28-12-7-22-44(52)48-25-14-17-39-18-15-30-54(62)59(39)48/h3-38H,1-2H3. The predicted molar refractivity (Wildman–Crippen MR) is 267 cm³/mol. The molecule has 1 heterocycles. The van der Waals surface area contributed by atoms with E-state index in [1.165, 1.54) is 105 Å². The van der Waals surface area contributed by atoms with Crippen molar-refractivity contribution in [2.24, 2.45) is 0 Å². The highest BCUT2D eigenvalue weighted by atomic mass is 15.1. The van der Waals surface area contributed by atoms with Crippen LogP contribution in [0.3, 0.4) is 0 Å². The molecule has 0 saturated heterocycles. The molecule has 2 nitrogen and oxygen atoms in total. The number of aromatic nitrogens is 1. The van der Waals surface area contributed by atoms with Gasteiger partial charge in [0.25, 0.3) is 0 Å². The Morgan fingerprint density at radius 3 is 1.73 bits per heavy atom. The van der Waals surface area contributed by atoms with Crippen LogP contribution < -0.4 is 4.90 Å². The third-order valence-electron chi connectivity index (χ3n) is 15.0. The lowest BCUT2D eigenvalue weighted by Crippen LogP contribution is -2.32. The van der Waals surface area contributed by atoms with Crippen molar-refractivity contribution < 1.29 is 0 Å². The second-order valence-corrected chi connectivity index (χ2v) is 18.4. The Labute approximate surface area is 372 Å². The molecule has 14 rings (SSSR count). The zero-order valence-corrected chi connectivity index (χ0v) is 35.7. The van der Waals surface area contributed by atoms with E-state index < -0.39 is 5.41 Å². The number of hydrogen-bond acceptors (Lipinski definition) is 1. The van der Waals surface area contributed by atoms with Gasteiger partial charge in [0.15, 0.2) is 0 Å². The highest BCUT2D eigenvalue weighted by Gasteiger charge is 2.50. The zero-order chi connectivity index (χ0) is 42.3. The van der Waals surface area contributed by atoms with E-state index in [0.717, 1.165) is 17.1 Å². The summed E-state index contributed by atoms with van der Waals surface area (Å²) in [7, 11) is 0. The molecule has 3 aliphatic rings. The van der Waals surface area contributed by atoms with Crippen molar-refractivity contribution in [1.82, 2.24) is 4.57 Å². The molecular formula is C62H42N2. The van der Waals surface area contributed by atoms with Gasteiger partial charge in [0.05, 0.1) is 22.1 Å². The maximum atomic E-state index is 2.53. The predicted octanol–water partition coefficient (Wildman–Crippen LogP) is 16.1.